The van der Waals surface area contributed by atoms with E-state index in [9.17, 15) is 5.11 Å². The highest BCUT2D eigenvalue weighted by molar-refractivity contribution is 5.96. The van der Waals surface area contributed by atoms with Crippen LogP contribution in [0.25, 0.3) is 22.1 Å². The van der Waals surface area contributed by atoms with Crippen LogP contribution in [0.15, 0.2) is 83.3 Å². The van der Waals surface area contributed by atoms with Crippen LogP contribution in [0.3, 0.4) is 0 Å². The Morgan fingerprint density at radius 2 is 1.18 bits per heavy atom. The maximum absolute atomic E-state index is 11.2. The van der Waals surface area contributed by atoms with Gasteiger partial charge in [0, 0.05) is 10.9 Å². The van der Waals surface area contributed by atoms with Crippen LogP contribution in [-0.4, -0.2) is 5.11 Å². The molecule has 0 spiro atoms. The summed E-state index contributed by atoms with van der Waals surface area (Å²) < 4.78 is 6.38. The van der Waals surface area contributed by atoms with Crippen molar-refractivity contribution in [3.63, 3.8) is 0 Å². The summed E-state index contributed by atoms with van der Waals surface area (Å²) >= 11 is 0. The van der Waals surface area contributed by atoms with Crippen LogP contribution >= 0.6 is 0 Å². The number of hydrogen-bond donors (Lipinski definition) is 1. The van der Waals surface area contributed by atoms with E-state index in [1.54, 1.807) is 0 Å². The van der Waals surface area contributed by atoms with Crippen molar-refractivity contribution in [1.82, 2.24) is 0 Å². The molecule has 0 fully saturated rings. The average Bonchev–Trinajstić information content (AvgIpc) is 3.35. The lowest BCUT2D eigenvalue weighted by atomic mass is 9.96. The van der Waals surface area contributed by atoms with Gasteiger partial charge in [-0.25, -0.2) is 0 Å². The van der Waals surface area contributed by atoms with Crippen molar-refractivity contribution >= 4 is 11.0 Å². The van der Waals surface area contributed by atoms with Gasteiger partial charge in [0.05, 0.1) is 0 Å². The van der Waals surface area contributed by atoms with E-state index in [1.165, 1.54) is 89.0 Å². The zero-order valence-corrected chi connectivity index (χ0v) is 23.3. The van der Waals surface area contributed by atoms with Crippen LogP contribution < -0.4 is 0 Å². The smallest absolute Gasteiger partial charge is 0.146 e. The number of aliphatic hydroxyl groups is 1. The highest BCUT2D eigenvalue weighted by atomic mass is 16.4. The average molecular weight is 511 g/mol. The molecule has 0 aliphatic heterocycles. The summed E-state index contributed by atoms with van der Waals surface area (Å²) in [4.78, 5) is 0. The number of aliphatic hydroxyl groups excluding tert-OH is 1. The van der Waals surface area contributed by atoms with Crippen molar-refractivity contribution in [1.29, 1.82) is 0 Å². The SMILES string of the molecule is CCCCCCCCCCCCCCCc1ccc2c(-c3ccccc3)c(C(O)c3ccccc3)oc2c1. The molecule has 38 heavy (non-hydrogen) atoms. The molecule has 1 aromatic heterocycles. The first kappa shape index (κ1) is 28.2. The molecule has 1 atom stereocenters. The quantitative estimate of drug-likeness (QED) is 0.143. The molecule has 0 radical (unpaired) electrons. The largest absolute Gasteiger partial charge is 0.457 e. The molecular formula is C36H46O2. The number of furan rings is 1. The van der Waals surface area contributed by atoms with Crippen LogP contribution in [0, 0.1) is 0 Å². The first-order chi connectivity index (χ1) is 18.8. The Hall–Kier alpha value is -2.84. The van der Waals surface area contributed by atoms with Gasteiger partial charge < -0.3 is 9.52 Å². The first-order valence-electron chi connectivity index (χ1n) is 15.1. The standard InChI is InChI=1S/C36H46O2/c1-2-3-4-5-6-7-8-9-10-11-12-13-16-21-29-26-27-32-33(28-29)38-36(34(32)30-22-17-14-18-23-30)35(37)31-24-19-15-20-25-31/h14-15,17-20,22-28,35,37H,2-13,16,21H2,1H3. The third kappa shape index (κ3) is 8.08. The lowest BCUT2D eigenvalue weighted by Gasteiger charge is -2.11. The van der Waals surface area contributed by atoms with E-state index in [2.05, 4.69) is 37.3 Å². The van der Waals surface area contributed by atoms with Gasteiger partial charge in [0.1, 0.15) is 17.4 Å². The Bertz CT molecular complexity index is 1190. The highest BCUT2D eigenvalue weighted by Gasteiger charge is 2.23. The Kier molecular flexibility index (Phi) is 11.5. The van der Waals surface area contributed by atoms with Gasteiger partial charge >= 0.3 is 0 Å². The number of benzene rings is 3. The van der Waals surface area contributed by atoms with Gasteiger partial charge in [0.15, 0.2) is 0 Å². The van der Waals surface area contributed by atoms with Crippen molar-refractivity contribution < 1.29 is 9.52 Å². The van der Waals surface area contributed by atoms with E-state index >= 15 is 0 Å². The van der Waals surface area contributed by atoms with Crippen LogP contribution in [-0.2, 0) is 6.42 Å². The fraction of sp³-hybridized carbons (Fsp3) is 0.444. The summed E-state index contributed by atoms with van der Waals surface area (Å²) in [7, 11) is 0. The molecule has 1 N–H and O–H groups in total. The second-order valence-electron chi connectivity index (χ2n) is 10.8. The maximum atomic E-state index is 11.2. The van der Waals surface area contributed by atoms with Gasteiger partial charge in [0.25, 0.3) is 0 Å². The van der Waals surface area contributed by atoms with Crippen molar-refractivity contribution in [2.75, 3.05) is 0 Å². The van der Waals surface area contributed by atoms with Crippen LogP contribution in [0.1, 0.15) is 113 Å². The Labute approximate surface area is 230 Å². The summed E-state index contributed by atoms with van der Waals surface area (Å²) in [5, 5.41) is 12.3. The molecule has 3 aromatic carbocycles. The van der Waals surface area contributed by atoms with Gasteiger partial charge in [-0.05, 0) is 35.6 Å². The van der Waals surface area contributed by atoms with Crippen molar-refractivity contribution in [3.05, 3.63) is 95.7 Å². The molecule has 0 aliphatic carbocycles. The molecule has 1 heterocycles. The summed E-state index contributed by atoms with van der Waals surface area (Å²) in [6.45, 7) is 2.29. The lowest BCUT2D eigenvalue weighted by molar-refractivity contribution is 0.193. The predicted octanol–water partition coefficient (Wildman–Crippen LogP) is 10.8. The second kappa shape index (κ2) is 15.5. The zero-order valence-electron chi connectivity index (χ0n) is 23.3. The fourth-order valence-electron chi connectivity index (χ4n) is 5.54. The minimum atomic E-state index is -0.802. The van der Waals surface area contributed by atoms with Gasteiger partial charge in [-0.3, -0.25) is 0 Å². The molecule has 2 heteroatoms. The van der Waals surface area contributed by atoms with E-state index in [1.807, 2.05) is 48.5 Å². The van der Waals surface area contributed by atoms with Crippen molar-refractivity contribution in [3.8, 4) is 11.1 Å². The minimum Gasteiger partial charge on any atom is -0.457 e. The zero-order chi connectivity index (χ0) is 26.4. The summed E-state index contributed by atoms with van der Waals surface area (Å²) in [5.41, 5.74) is 5.08. The fourth-order valence-corrected chi connectivity index (χ4v) is 5.54. The van der Waals surface area contributed by atoms with Crippen LogP contribution in [0.4, 0.5) is 0 Å². The second-order valence-corrected chi connectivity index (χ2v) is 10.8. The van der Waals surface area contributed by atoms with E-state index in [0.29, 0.717) is 5.76 Å². The number of rotatable bonds is 17. The lowest BCUT2D eigenvalue weighted by Crippen LogP contribution is -1.99. The van der Waals surface area contributed by atoms with Crippen LogP contribution in [0.2, 0.25) is 0 Å². The van der Waals surface area contributed by atoms with Gasteiger partial charge in [0.2, 0.25) is 0 Å². The maximum Gasteiger partial charge on any atom is 0.146 e. The first-order valence-corrected chi connectivity index (χ1v) is 15.1. The Morgan fingerprint density at radius 1 is 0.632 bits per heavy atom. The number of fused-ring (bicyclic) bond motifs is 1. The molecular weight excluding hydrogens is 464 g/mol. The summed E-state index contributed by atoms with van der Waals surface area (Å²) in [6.07, 6.45) is 18.2. The monoisotopic (exact) mass is 510 g/mol. The van der Waals surface area contributed by atoms with Gasteiger partial charge in [-0.2, -0.15) is 0 Å². The summed E-state index contributed by atoms with van der Waals surface area (Å²) in [5.74, 6) is 0.621. The summed E-state index contributed by atoms with van der Waals surface area (Å²) in [6, 6.07) is 26.7. The molecule has 2 nitrogen and oxygen atoms in total. The van der Waals surface area contributed by atoms with Crippen molar-refractivity contribution in [2.24, 2.45) is 0 Å². The molecule has 4 rings (SSSR count). The van der Waals surface area contributed by atoms with E-state index < -0.39 is 6.10 Å². The van der Waals surface area contributed by atoms with Crippen molar-refractivity contribution in [2.45, 2.75) is 103 Å². The van der Waals surface area contributed by atoms with E-state index in [-0.39, 0.29) is 0 Å². The van der Waals surface area contributed by atoms with Gasteiger partial charge in [-0.1, -0.05) is 157 Å². The third-order valence-electron chi connectivity index (χ3n) is 7.78. The number of aryl methyl sites for hydroxylation is 1. The van der Waals surface area contributed by atoms with E-state index in [4.69, 9.17) is 4.42 Å². The molecule has 0 bridgehead atoms. The molecule has 0 saturated heterocycles. The molecule has 0 amide bonds. The Morgan fingerprint density at radius 3 is 1.79 bits per heavy atom. The highest BCUT2D eigenvalue weighted by Crippen LogP contribution is 2.40. The molecule has 4 aromatic rings. The number of hydrogen-bond acceptors (Lipinski definition) is 2. The molecule has 1 unspecified atom stereocenters. The topological polar surface area (TPSA) is 33.4 Å². The molecule has 0 aliphatic rings. The molecule has 202 valence electrons. The number of unbranched alkanes of at least 4 members (excludes halogenated alkanes) is 12. The third-order valence-corrected chi connectivity index (χ3v) is 7.78. The Balaban J connectivity index is 1.30. The molecule has 0 saturated carbocycles. The minimum absolute atomic E-state index is 0.621. The van der Waals surface area contributed by atoms with E-state index in [0.717, 1.165) is 34.1 Å². The van der Waals surface area contributed by atoms with Crippen LogP contribution in [0.5, 0.6) is 0 Å². The predicted molar refractivity (Wildman–Crippen MR) is 162 cm³/mol. The normalized spacial score (nSPS) is 12.3. The van der Waals surface area contributed by atoms with Gasteiger partial charge in [-0.15, -0.1) is 0 Å².